The van der Waals surface area contributed by atoms with Gasteiger partial charge in [0.2, 0.25) is 0 Å². The Morgan fingerprint density at radius 1 is 1.60 bits per heavy atom. The molecule has 0 fully saturated rings. The number of allylic oxidation sites excluding steroid dienone is 1. The van der Waals surface area contributed by atoms with Crippen LogP contribution in [0.4, 0.5) is 0 Å². The molecule has 3 heteroatoms. The van der Waals surface area contributed by atoms with Gasteiger partial charge in [0.05, 0.1) is 18.4 Å². The molecule has 0 aliphatic heterocycles. The minimum Gasteiger partial charge on any atom is -0.501 e. The molecule has 0 unspecified atom stereocenters. The second kappa shape index (κ2) is 5.29. The Morgan fingerprint density at radius 3 is 2.87 bits per heavy atom. The normalized spacial score (nSPS) is 11.3. The lowest BCUT2D eigenvalue weighted by Crippen LogP contribution is -1.98. The monoisotopic (exact) mass is 205 g/mol. The van der Waals surface area contributed by atoms with E-state index in [1.165, 1.54) is 13.2 Å². The van der Waals surface area contributed by atoms with Crippen molar-refractivity contribution in [2.45, 2.75) is 20.8 Å². The van der Waals surface area contributed by atoms with Crippen molar-refractivity contribution in [3.05, 3.63) is 35.8 Å². The number of hydrogen-bond acceptors (Lipinski definition) is 3. The molecule has 0 bridgehead atoms. The predicted molar refractivity (Wildman–Crippen MR) is 59.3 cm³/mol. The quantitative estimate of drug-likeness (QED) is 0.559. The fraction of sp³-hybridized carbons (Fsp3) is 0.333. The SMILES string of the molecule is CCOC=C(C(C)=O)c1ccnc(C)c1. The number of Topliss-reactive ketones (excluding diaryl/α,β-unsaturated/α-hetero) is 1. The summed E-state index contributed by atoms with van der Waals surface area (Å²) in [4.78, 5) is 15.5. The van der Waals surface area contributed by atoms with Gasteiger partial charge in [-0.2, -0.15) is 0 Å². The molecule has 1 aromatic heterocycles. The van der Waals surface area contributed by atoms with Crippen molar-refractivity contribution in [3.63, 3.8) is 0 Å². The summed E-state index contributed by atoms with van der Waals surface area (Å²) in [5, 5.41) is 0. The van der Waals surface area contributed by atoms with Crippen LogP contribution in [0.25, 0.3) is 5.57 Å². The largest absolute Gasteiger partial charge is 0.501 e. The second-order valence-electron chi connectivity index (χ2n) is 3.23. The zero-order valence-electron chi connectivity index (χ0n) is 9.28. The molecule has 0 aliphatic carbocycles. The van der Waals surface area contributed by atoms with Crippen molar-refractivity contribution in [3.8, 4) is 0 Å². The Bertz CT molecular complexity index is 383. The van der Waals surface area contributed by atoms with Gasteiger partial charge in [-0.05, 0) is 38.5 Å². The van der Waals surface area contributed by atoms with Gasteiger partial charge in [0.25, 0.3) is 0 Å². The number of hydrogen-bond donors (Lipinski definition) is 0. The molecule has 0 N–H and O–H groups in total. The number of aromatic nitrogens is 1. The van der Waals surface area contributed by atoms with Gasteiger partial charge < -0.3 is 4.74 Å². The zero-order valence-corrected chi connectivity index (χ0v) is 9.28. The van der Waals surface area contributed by atoms with E-state index >= 15 is 0 Å². The van der Waals surface area contributed by atoms with Crippen molar-refractivity contribution in [2.75, 3.05) is 6.61 Å². The van der Waals surface area contributed by atoms with E-state index in [0.29, 0.717) is 12.2 Å². The summed E-state index contributed by atoms with van der Waals surface area (Å²) in [7, 11) is 0. The van der Waals surface area contributed by atoms with Crippen LogP contribution in [0.2, 0.25) is 0 Å². The lowest BCUT2D eigenvalue weighted by atomic mass is 10.0. The highest BCUT2D eigenvalue weighted by atomic mass is 16.5. The Balaban J connectivity index is 3.04. The van der Waals surface area contributed by atoms with Crippen molar-refractivity contribution in [1.29, 1.82) is 0 Å². The number of carbonyl (C=O) groups is 1. The number of aryl methyl sites for hydroxylation is 1. The lowest BCUT2D eigenvalue weighted by molar-refractivity contribution is -0.111. The molecule has 0 spiro atoms. The molecule has 80 valence electrons. The maximum absolute atomic E-state index is 11.4. The molecule has 1 aromatic rings. The molecule has 0 radical (unpaired) electrons. The van der Waals surface area contributed by atoms with E-state index < -0.39 is 0 Å². The van der Waals surface area contributed by atoms with Crippen LogP contribution in [0.5, 0.6) is 0 Å². The van der Waals surface area contributed by atoms with E-state index in [1.807, 2.05) is 19.9 Å². The molecule has 3 nitrogen and oxygen atoms in total. The summed E-state index contributed by atoms with van der Waals surface area (Å²) >= 11 is 0. The molecule has 0 saturated heterocycles. The van der Waals surface area contributed by atoms with Crippen LogP contribution in [0.3, 0.4) is 0 Å². The summed E-state index contributed by atoms with van der Waals surface area (Å²) in [6.07, 6.45) is 3.20. The smallest absolute Gasteiger partial charge is 0.163 e. The number of ether oxygens (including phenoxy) is 1. The number of carbonyl (C=O) groups excluding carboxylic acids is 1. The van der Waals surface area contributed by atoms with Gasteiger partial charge in [-0.15, -0.1) is 0 Å². The molecule has 0 aromatic carbocycles. The third-order valence-electron chi connectivity index (χ3n) is 1.95. The molecular formula is C12H15NO2. The molecule has 15 heavy (non-hydrogen) atoms. The summed E-state index contributed by atoms with van der Waals surface area (Å²) in [6, 6.07) is 3.67. The average Bonchev–Trinajstić information content (AvgIpc) is 2.18. The Labute approximate surface area is 89.8 Å². The van der Waals surface area contributed by atoms with Crippen LogP contribution in [-0.2, 0) is 9.53 Å². The summed E-state index contributed by atoms with van der Waals surface area (Å²) in [6.45, 7) is 5.86. The van der Waals surface area contributed by atoms with Gasteiger partial charge in [0.1, 0.15) is 0 Å². The number of ketones is 1. The molecule has 0 saturated carbocycles. The molecule has 1 heterocycles. The standard InChI is InChI=1S/C12H15NO2/c1-4-15-8-12(10(3)14)11-5-6-13-9(2)7-11/h5-8H,4H2,1-3H3. The van der Waals surface area contributed by atoms with E-state index in [9.17, 15) is 4.79 Å². The predicted octanol–water partition coefficient (Wildman–Crippen LogP) is 2.36. The Kier molecular flexibility index (Phi) is 4.03. The van der Waals surface area contributed by atoms with Crippen molar-refractivity contribution < 1.29 is 9.53 Å². The molecule has 0 amide bonds. The molecular weight excluding hydrogens is 190 g/mol. The average molecular weight is 205 g/mol. The third kappa shape index (κ3) is 3.20. The van der Waals surface area contributed by atoms with Gasteiger partial charge in [0, 0.05) is 11.9 Å². The van der Waals surface area contributed by atoms with Crippen LogP contribution in [0.1, 0.15) is 25.1 Å². The van der Waals surface area contributed by atoms with E-state index in [-0.39, 0.29) is 5.78 Å². The molecule has 0 aliphatic rings. The summed E-state index contributed by atoms with van der Waals surface area (Å²) in [5.74, 6) is -0.00551. The van der Waals surface area contributed by atoms with Crippen LogP contribution in [-0.4, -0.2) is 17.4 Å². The van der Waals surface area contributed by atoms with Gasteiger partial charge in [-0.25, -0.2) is 0 Å². The first-order valence-corrected chi connectivity index (χ1v) is 4.91. The van der Waals surface area contributed by atoms with Gasteiger partial charge >= 0.3 is 0 Å². The fourth-order valence-electron chi connectivity index (χ4n) is 1.23. The van der Waals surface area contributed by atoms with Crippen molar-refractivity contribution in [2.24, 2.45) is 0 Å². The van der Waals surface area contributed by atoms with Crippen LogP contribution >= 0.6 is 0 Å². The van der Waals surface area contributed by atoms with E-state index in [4.69, 9.17) is 4.74 Å². The van der Waals surface area contributed by atoms with E-state index in [2.05, 4.69) is 4.98 Å². The van der Waals surface area contributed by atoms with Crippen LogP contribution in [0, 0.1) is 6.92 Å². The highest BCUT2D eigenvalue weighted by Gasteiger charge is 2.07. The van der Waals surface area contributed by atoms with Crippen molar-refractivity contribution in [1.82, 2.24) is 4.98 Å². The van der Waals surface area contributed by atoms with Gasteiger partial charge in [0.15, 0.2) is 5.78 Å². The third-order valence-corrected chi connectivity index (χ3v) is 1.95. The van der Waals surface area contributed by atoms with Crippen LogP contribution in [0.15, 0.2) is 24.6 Å². The first-order valence-electron chi connectivity index (χ1n) is 4.91. The van der Waals surface area contributed by atoms with Gasteiger partial charge in [-0.1, -0.05) is 0 Å². The van der Waals surface area contributed by atoms with Crippen molar-refractivity contribution >= 4 is 11.4 Å². The minimum absolute atomic E-state index is 0.00551. The minimum atomic E-state index is -0.00551. The lowest BCUT2D eigenvalue weighted by Gasteiger charge is -2.04. The fourth-order valence-corrected chi connectivity index (χ4v) is 1.23. The maximum Gasteiger partial charge on any atom is 0.163 e. The molecule has 1 rings (SSSR count). The Hall–Kier alpha value is -1.64. The van der Waals surface area contributed by atoms with Gasteiger partial charge in [-0.3, -0.25) is 9.78 Å². The first-order chi connectivity index (χ1) is 7.15. The number of rotatable bonds is 4. The van der Waals surface area contributed by atoms with E-state index in [0.717, 1.165) is 11.3 Å². The highest BCUT2D eigenvalue weighted by Crippen LogP contribution is 2.15. The number of nitrogens with zero attached hydrogens (tertiary/aromatic N) is 1. The second-order valence-corrected chi connectivity index (χ2v) is 3.23. The molecule has 0 atom stereocenters. The Morgan fingerprint density at radius 2 is 2.33 bits per heavy atom. The number of pyridine rings is 1. The van der Waals surface area contributed by atoms with E-state index in [1.54, 1.807) is 12.3 Å². The topological polar surface area (TPSA) is 39.2 Å². The highest BCUT2D eigenvalue weighted by molar-refractivity contribution is 6.19. The summed E-state index contributed by atoms with van der Waals surface area (Å²) < 4.78 is 5.15. The van der Waals surface area contributed by atoms with Crippen LogP contribution < -0.4 is 0 Å². The maximum atomic E-state index is 11.4. The first kappa shape index (κ1) is 11.4. The summed E-state index contributed by atoms with van der Waals surface area (Å²) in [5.41, 5.74) is 2.32. The zero-order chi connectivity index (χ0) is 11.3.